The maximum Gasteiger partial charge on any atom is 0.315 e. The molecule has 362 valence electrons. The minimum atomic E-state index is -0.185. The molecule has 4 amide bonds. The summed E-state index contributed by atoms with van der Waals surface area (Å²) in [6, 6.07) is 44.4. The summed E-state index contributed by atoms with van der Waals surface area (Å²) in [7, 11) is 0. The first-order chi connectivity index (χ1) is 32.0. The lowest BCUT2D eigenvalue weighted by Gasteiger charge is -2.27. The summed E-state index contributed by atoms with van der Waals surface area (Å²) in [5.41, 5.74) is 12.6. The van der Waals surface area contributed by atoms with E-state index >= 15 is 0 Å². The van der Waals surface area contributed by atoms with Crippen molar-refractivity contribution < 1.29 is 9.59 Å². The third-order valence-electron chi connectivity index (χ3n) is 14.2. The highest BCUT2D eigenvalue weighted by Gasteiger charge is 2.35. The van der Waals surface area contributed by atoms with Crippen LogP contribution in [0.1, 0.15) is 163 Å². The molecule has 2 aliphatic heterocycles. The Labute approximate surface area is 408 Å². The molecular weight excluding hydrogens is 837 g/mol. The molecule has 2 saturated heterocycles. The Hall–Kier alpha value is -5.44. The van der Waals surface area contributed by atoms with Crippen LogP contribution in [0.3, 0.4) is 0 Å². The van der Waals surface area contributed by atoms with Crippen LogP contribution in [-0.4, -0.2) is 49.3 Å². The van der Waals surface area contributed by atoms with E-state index in [1.54, 1.807) is 0 Å². The topological polar surface area (TPSA) is 106 Å². The summed E-state index contributed by atoms with van der Waals surface area (Å²) in [6.45, 7) is 29.2. The molecule has 4 atom stereocenters. The van der Waals surface area contributed by atoms with Crippen molar-refractivity contribution in [2.24, 2.45) is 0 Å². The molecule has 0 saturated carbocycles. The number of rotatable bonds is 12. The first kappa shape index (κ1) is 50.4. The molecule has 0 aliphatic carbocycles. The predicted octanol–water partition coefficient (Wildman–Crippen LogP) is 11.6. The van der Waals surface area contributed by atoms with Gasteiger partial charge in [-0.1, -0.05) is 204 Å². The number of carbonyl (C=O) groups is 2. The van der Waals surface area contributed by atoms with Gasteiger partial charge in [-0.05, 0) is 90.1 Å². The number of nitrogens with one attached hydrogen (secondary N) is 6. The van der Waals surface area contributed by atoms with Gasteiger partial charge in [0.25, 0.3) is 0 Å². The van der Waals surface area contributed by atoms with Crippen molar-refractivity contribution in [2.45, 2.75) is 167 Å². The van der Waals surface area contributed by atoms with Gasteiger partial charge >= 0.3 is 12.1 Å². The number of urea groups is 2. The van der Waals surface area contributed by atoms with E-state index in [1.807, 2.05) is 24.3 Å². The van der Waals surface area contributed by atoms with Crippen molar-refractivity contribution in [3.05, 3.63) is 177 Å². The minimum absolute atomic E-state index is 0.00423. The van der Waals surface area contributed by atoms with E-state index in [-0.39, 0.29) is 69.7 Å². The summed E-state index contributed by atoms with van der Waals surface area (Å²) >= 11 is 0. The highest BCUT2D eigenvalue weighted by Crippen LogP contribution is 2.37. The minimum Gasteiger partial charge on any atom is -0.334 e. The lowest BCUT2D eigenvalue weighted by atomic mass is 9.80. The summed E-state index contributed by atoms with van der Waals surface area (Å²) in [6.07, 6.45) is 1.64. The molecule has 2 aliphatic rings. The largest absolute Gasteiger partial charge is 0.334 e. The average molecular weight is 917 g/mol. The van der Waals surface area contributed by atoms with E-state index in [1.165, 1.54) is 44.5 Å². The second kappa shape index (κ2) is 20.7. The molecule has 2 fully saturated rings. The predicted molar refractivity (Wildman–Crippen MR) is 282 cm³/mol. The molecule has 0 bridgehead atoms. The van der Waals surface area contributed by atoms with Gasteiger partial charge in [-0.2, -0.15) is 0 Å². The van der Waals surface area contributed by atoms with E-state index in [0.29, 0.717) is 26.2 Å². The molecule has 0 spiro atoms. The quantitative estimate of drug-likeness (QED) is 0.0750. The van der Waals surface area contributed by atoms with Crippen LogP contribution in [0.15, 0.2) is 121 Å². The molecule has 68 heavy (non-hydrogen) atoms. The van der Waals surface area contributed by atoms with Crippen LogP contribution >= 0.6 is 0 Å². The van der Waals surface area contributed by atoms with E-state index in [9.17, 15) is 9.59 Å². The van der Waals surface area contributed by atoms with Gasteiger partial charge in [0, 0.05) is 62.2 Å². The summed E-state index contributed by atoms with van der Waals surface area (Å²) < 4.78 is 0. The Morgan fingerprint density at radius 3 is 1.00 bits per heavy atom. The Morgan fingerprint density at radius 2 is 0.735 bits per heavy atom. The third kappa shape index (κ3) is 13.0. The lowest BCUT2D eigenvalue weighted by Crippen LogP contribution is -2.43. The van der Waals surface area contributed by atoms with Crippen LogP contribution in [-0.2, 0) is 34.7 Å². The summed E-state index contributed by atoms with van der Waals surface area (Å²) in [4.78, 5) is 26.6. The van der Waals surface area contributed by atoms with Crippen LogP contribution < -0.4 is 31.9 Å². The number of benzene rings is 5. The van der Waals surface area contributed by atoms with Crippen LogP contribution in [0.2, 0.25) is 0 Å². The second-order valence-electron chi connectivity index (χ2n) is 23.8. The SMILES string of the molecule is CC(C)(C)c1ccc(C(c2ccc(C(C)(C)C)cc2)[C@H]2C[C@@H](NC(=O)NCc3cccc(CNC(=O)N[C@H]4CN[C@@H](C(c5ccc(C(C)(C)C)cc5)c5ccc(C(C)(C)C)cc5)C4)c3)CN2)cc1. The molecular formula is C60H80N6O2. The first-order valence-electron chi connectivity index (χ1n) is 25.1. The summed E-state index contributed by atoms with van der Waals surface area (Å²) in [5, 5.41) is 20.2. The molecule has 5 aromatic carbocycles. The fourth-order valence-corrected chi connectivity index (χ4v) is 10.0. The maximum atomic E-state index is 13.3. The van der Waals surface area contributed by atoms with Crippen molar-refractivity contribution in [1.82, 2.24) is 31.9 Å². The van der Waals surface area contributed by atoms with Gasteiger partial charge in [0.2, 0.25) is 0 Å². The van der Waals surface area contributed by atoms with Crippen LogP contribution in [0.4, 0.5) is 9.59 Å². The fourth-order valence-electron chi connectivity index (χ4n) is 10.0. The van der Waals surface area contributed by atoms with E-state index < -0.39 is 0 Å². The molecule has 0 aromatic heterocycles. The van der Waals surface area contributed by atoms with Crippen molar-refractivity contribution >= 4 is 12.1 Å². The molecule has 8 heteroatoms. The molecule has 7 rings (SSSR count). The number of hydrogen-bond acceptors (Lipinski definition) is 4. The first-order valence-corrected chi connectivity index (χ1v) is 25.1. The Kier molecular flexibility index (Phi) is 15.3. The lowest BCUT2D eigenvalue weighted by molar-refractivity contribution is 0.236. The Morgan fingerprint density at radius 1 is 0.456 bits per heavy atom. The molecule has 8 nitrogen and oxygen atoms in total. The number of hydrogen-bond donors (Lipinski definition) is 6. The van der Waals surface area contributed by atoms with Gasteiger partial charge in [-0.3, -0.25) is 0 Å². The van der Waals surface area contributed by atoms with Crippen molar-refractivity contribution in [1.29, 1.82) is 0 Å². The van der Waals surface area contributed by atoms with Gasteiger partial charge in [0.1, 0.15) is 0 Å². The highest BCUT2D eigenvalue weighted by atomic mass is 16.2. The maximum absolute atomic E-state index is 13.3. The summed E-state index contributed by atoms with van der Waals surface area (Å²) in [5.74, 6) is 0.295. The highest BCUT2D eigenvalue weighted by molar-refractivity contribution is 5.75. The smallest absolute Gasteiger partial charge is 0.315 e. The van der Waals surface area contributed by atoms with E-state index in [2.05, 4.69) is 212 Å². The molecule has 0 radical (unpaired) electrons. The molecule has 2 heterocycles. The van der Waals surface area contributed by atoms with Crippen molar-refractivity contribution in [2.75, 3.05) is 13.1 Å². The van der Waals surface area contributed by atoms with Gasteiger partial charge in [0.05, 0.1) is 0 Å². The van der Waals surface area contributed by atoms with E-state index in [0.717, 1.165) is 24.0 Å². The third-order valence-corrected chi connectivity index (χ3v) is 14.2. The molecule has 6 N–H and O–H groups in total. The molecule has 5 aromatic rings. The van der Waals surface area contributed by atoms with Gasteiger partial charge in [-0.15, -0.1) is 0 Å². The second-order valence-corrected chi connectivity index (χ2v) is 23.8. The Balaban J connectivity index is 0.907. The van der Waals surface area contributed by atoms with Crippen LogP contribution in [0.25, 0.3) is 0 Å². The number of carbonyl (C=O) groups excluding carboxylic acids is 2. The molecule has 0 unspecified atom stereocenters. The van der Waals surface area contributed by atoms with Crippen molar-refractivity contribution in [3.63, 3.8) is 0 Å². The van der Waals surface area contributed by atoms with Crippen LogP contribution in [0.5, 0.6) is 0 Å². The van der Waals surface area contributed by atoms with Crippen molar-refractivity contribution in [3.8, 4) is 0 Å². The Bertz CT molecular complexity index is 2160. The zero-order chi connectivity index (χ0) is 49.0. The standard InChI is InChI=1S/C60H80N6O2/c1-57(2,3)45-24-16-41(17-25-45)53(42-18-26-46(27-19-42)58(4,5)6)51-33-49(37-61-51)65-55(67)63-35-39-14-13-15-40(32-39)36-64-56(68)66-50-34-52(62-38-50)54(43-20-28-47(29-21-43)59(7,8)9)44-22-30-48(31-23-44)60(10,11)12/h13-32,49-54,61-62H,33-38H2,1-12H3,(H2,63,65,67)(H2,64,66,68)/t49-,50-,51-,52-/m1/s1. The average Bonchev–Trinajstić information content (AvgIpc) is 3.94. The zero-order valence-electron chi connectivity index (χ0n) is 43.1. The normalized spacial score (nSPS) is 19.0. The van der Waals surface area contributed by atoms with E-state index in [4.69, 9.17) is 0 Å². The fraction of sp³-hybridized carbons (Fsp3) is 0.467. The monoisotopic (exact) mass is 917 g/mol. The zero-order valence-corrected chi connectivity index (χ0v) is 43.1. The van der Waals surface area contributed by atoms with Gasteiger partial charge < -0.3 is 31.9 Å². The number of amides is 4. The van der Waals surface area contributed by atoms with Gasteiger partial charge in [-0.25, -0.2) is 9.59 Å². The van der Waals surface area contributed by atoms with Gasteiger partial charge in [0.15, 0.2) is 0 Å². The van der Waals surface area contributed by atoms with Crippen LogP contribution in [0, 0.1) is 0 Å².